The Labute approximate surface area is 273 Å². The molecule has 0 saturated heterocycles. The summed E-state index contributed by atoms with van der Waals surface area (Å²) in [5, 5.41) is 25.0. The Kier molecular flexibility index (Phi) is 9.73. The van der Waals surface area contributed by atoms with Gasteiger partial charge in [0.15, 0.2) is 0 Å². The molecular weight excluding hydrogens is 604 g/mol. The average molecular weight is 647 g/mol. The fourth-order valence-corrected chi connectivity index (χ4v) is 6.96. The van der Waals surface area contributed by atoms with E-state index in [1.54, 1.807) is 14.2 Å². The zero-order chi connectivity index (χ0) is 34.2. The van der Waals surface area contributed by atoms with Gasteiger partial charge in [-0.1, -0.05) is 0 Å². The van der Waals surface area contributed by atoms with E-state index in [1.165, 1.54) is 0 Å². The van der Waals surface area contributed by atoms with E-state index in [2.05, 4.69) is 20.6 Å². The fraction of sp³-hybridized carbons (Fsp3) is 0.429. The lowest BCUT2D eigenvalue weighted by Crippen LogP contribution is -2.28. The highest BCUT2D eigenvalue weighted by Crippen LogP contribution is 2.34. The van der Waals surface area contributed by atoms with Gasteiger partial charge in [-0.05, 0) is 98.9 Å². The second kappa shape index (κ2) is 13.6. The van der Waals surface area contributed by atoms with Crippen LogP contribution in [-0.2, 0) is 47.9 Å². The summed E-state index contributed by atoms with van der Waals surface area (Å²) >= 11 is 0. The molecule has 0 fully saturated rings. The van der Waals surface area contributed by atoms with E-state index < -0.39 is 24.1 Å². The van der Waals surface area contributed by atoms with Crippen LogP contribution in [0.1, 0.15) is 84.6 Å². The zero-order valence-electron chi connectivity index (χ0n) is 27.6. The van der Waals surface area contributed by atoms with Crippen molar-refractivity contribution in [3.63, 3.8) is 0 Å². The molecular formula is C35H42N4O8. The van der Waals surface area contributed by atoms with E-state index in [1.807, 2.05) is 39.8 Å². The Morgan fingerprint density at radius 1 is 0.723 bits per heavy atom. The highest BCUT2D eigenvalue weighted by atomic mass is 16.5. The van der Waals surface area contributed by atoms with Crippen molar-refractivity contribution in [1.29, 1.82) is 0 Å². The maximum atomic E-state index is 13.3. The number of nitrogens with one attached hydrogen (secondary N) is 4. The number of aromatic amines is 2. The third-order valence-corrected chi connectivity index (χ3v) is 9.63. The highest BCUT2D eigenvalue weighted by Gasteiger charge is 2.35. The fourth-order valence-electron chi connectivity index (χ4n) is 6.96. The van der Waals surface area contributed by atoms with E-state index >= 15 is 0 Å². The van der Waals surface area contributed by atoms with Gasteiger partial charge >= 0.3 is 11.9 Å². The number of fused-ring (bicyclic) bond motifs is 6. The smallest absolute Gasteiger partial charge is 0.303 e. The van der Waals surface area contributed by atoms with Gasteiger partial charge in [0, 0.05) is 67.7 Å². The number of hydrogen-bond donors (Lipinski definition) is 6. The monoisotopic (exact) mass is 646 g/mol. The van der Waals surface area contributed by atoms with Gasteiger partial charge in [0.25, 0.3) is 11.8 Å². The van der Waals surface area contributed by atoms with Crippen molar-refractivity contribution in [2.75, 3.05) is 14.2 Å². The summed E-state index contributed by atoms with van der Waals surface area (Å²) in [6, 6.07) is 0. The number of H-pyrrole nitrogens is 2. The molecule has 250 valence electrons. The van der Waals surface area contributed by atoms with Gasteiger partial charge in [-0.3, -0.25) is 19.2 Å². The third kappa shape index (κ3) is 6.61. The summed E-state index contributed by atoms with van der Waals surface area (Å²) in [5.41, 5.74) is 10.2. The first-order valence-electron chi connectivity index (χ1n) is 15.7. The van der Waals surface area contributed by atoms with Crippen molar-refractivity contribution in [2.45, 2.75) is 84.8 Å². The van der Waals surface area contributed by atoms with E-state index in [-0.39, 0.29) is 37.5 Å². The Balaban J connectivity index is 1.73. The number of amides is 2. The van der Waals surface area contributed by atoms with Gasteiger partial charge in [-0.25, -0.2) is 0 Å². The van der Waals surface area contributed by atoms with Crippen LogP contribution < -0.4 is 10.6 Å². The van der Waals surface area contributed by atoms with Gasteiger partial charge in [-0.15, -0.1) is 0 Å². The molecule has 2 aromatic rings. The SMILES string of the molecule is CO[C@H]1CC[C@@H](OC)C2=C(C)/C(=C\c3[nH]c(c(CCC(=O)O)c3C)Cc3[nH]c(c(C)c3CCC(=O)O)/C=C3\NC(=O)C1=C3C)NC2=O. The first-order chi connectivity index (χ1) is 22.3. The van der Waals surface area contributed by atoms with Crippen molar-refractivity contribution in [1.82, 2.24) is 20.6 Å². The van der Waals surface area contributed by atoms with Crippen molar-refractivity contribution in [3.05, 3.63) is 78.7 Å². The second-order valence-electron chi connectivity index (χ2n) is 12.3. The molecule has 3 aliphatic heterocycles. The first kappa shape index (κ1) is 33.7. The molecule has 0 saturated carbocycles. The maximum absolute atomic E-state index is 13.3. The third-order valence-electron chi connectivity index (χ3n) is 9.63. The molecule has 0 spiro atoms. The number of hydrogen-bond acceptors (Lipinski definition) is 6. The van der Waals surface area contributed by atoms with E-state index in [4.69, 9.17) is 9.47 Å². The van der Waals surface area contributed by atoms with Crippen LogP contribution in [0.2, 0.25) is 0 Å². The number of allylic oxidation sites excluding steroid dienone is 2. The summed E-state index contributed by atoms with van der Waals surface area (Å²) < 4.78 is 11.6. The normalized spacial score (nSPS) is 22.2. The summed E-state index contributed by atoms with van der Waals surface area (Å²) in [7, 11) is 3.11. The Hall–Kier alpha value is -4.68. The van der Waals surface area contributed by atoms with Gasteiger partial charge < -0.3 is 40.3 Å². The highest BCUT2D eigenvalue weighted by molar-refractivity contribution is 6.03. The molecule has 3 aliphatic rings. The Morgan fingerprint density at radius 2 is 1.11 bits per heavy atom. The van der Waals surface area contributed by atoms with Gasteiger partial charge in [0.05, 0.1) is 23.4 Å². The van der Waals surface area contributed by atoms with Crippen molar-refractivity contribution < 1.29 is 38.9 Å². The zero-order valence-corrected chi connectivity index (χ0v) is 27.6. The molecule has 6 N–H and O–H groups in total. The molecule has 0 aliphatic carbocycles. The number of aliphatic carboxylic acids is 2. The largest absolute Gasteiger partial charge is 0.481 e. The van der Waals surface area contributed by atoms with Crippen LogP contribution in [-0.4, -0.2) is 70.4 Å². The second-order valence-corrected chi connectivity index (χ2v) is 12.3. The molecule has 2 aromatic heterocycles. The molecule has 0 aromatic carbocycles. The molecule has 0 radical (unpaired) electrons. The lowest BCUT2D eigenvalue weighted by atomic mass is 9.95. The van der Waals surface area contributed by atoms with Crippen molar-refractivity contribution in [3.8, 4) is 0 Å². The number of carboxylic acids is 2. The molecule has 47 heavy (non-hydrogen) atoms. The predicted molar refractivity (Wildman–Crippen MR) is 174 cm³/mol. The number of carbonyl (C=O) groups excluding carboxylic acids is 2. The van der Waals surface area contributed by atoms with Crippen molar-refractivity contribution >= 4 is 35.9 Å². The molecule has 0 unspecified atom stereocenters. The molecule has 8 bridgehead atoms. The van der Waals surface area contributed by atoms with Crippen LogP contribution in [0.15, 0.2) is 33.7 Å². The number of rotatable bonds is 8. The van der Waals surface area contributed by atoms with Gasteiger partial charge in [-0.2, -0.15) is 0 Å². The summed E-state index contributed by atoms with van der Waals surface area (Å²) in [5.74, 6) is -2.37. The number of carbonyl (C=O) groups is 4. The van der Waals surface area contributed by atoms with Crippen molar-refractivity contribution in [2.24, 2.45) is 0 Å². The summed E-state index contributed by atoms with van der Waals surface area (Å²) in [6.45, 7) is 7.56. The Bertz CT molecular complexity index is 1660. The molecule has 2 atom stereocenters. The minimum atomic E-state index is -0.918. The topological polar surface area (TPSA) is 183 Å². The van der Waals surface area contributed by atoms with E-state index in [9.17, 15) is 29.4 Å². The van der Waals surface area contributed by atoms with Crippen LogP contribution in [0, 0.1) is 13.8 Å². The number of ether oxygens (including phenoxy) is 2. The van der Waals surface area contributed by atoms with Crippen LogP contribution in [0.3, 0.4) is 0 Å². The van der Waals surface area contributed by atoms with E-state index in [0.29, 0.717) is 41.8 Å². The molecule has 12 heteroatoms. The van der Waals surface area contributed by atoms with Gasteiger partial charge in [0.1, 0.15) is 0 Å². The molecule has 5 rings (SSSR count). The van der Waals surface area contributed by atoms with Gasteiger partial charge in [0.2, 0.25) is 0 Å². The quantitative estimate of drug-likeness (QED) is 0.249. The van der Waals surface area contributed by atoms with E-state index in [0.717, 1.165) is 56.2 Å². The number of carboxylic acid groups (broad SMARTS) is 2. The molecule has 5 heterocycles. The summed E-state index contributed by atoms with van der Waals surface area (Å²) in [4.78, 5) is 56.8. The number of methoxy groups -OCH3 is 2. The van der Waals surface area contributed by atoms with Crippen LogP contribution >= 0.6 is 0 Å². The van der Waals surface area contributed by atoms with Crippen LogP contribution in [0.5, 0.6) is 0 Å². The lowest BCUT2D eigenvalue weighted by molar-refractivity contribution is -0.138. The molecule has 2 amide bonds. The minimum Gasteiger partial charge on any atom is -0.481 e. The maximum Gasteiger partial charge on any atom is 0.303 e. The average Bonchev–Trinajstić information content (AvgIpc) is 3.66. The predicted octanol–water partition coefficient (Wildman–Crippen LogP) is 3.98. The van der Waals surface area contributed by atoms with Crippen LogP contribution in [0.4, 0.5) is 0 Å². The standard InChI is InChI=1S/C35H42N4O8/c1-16-20(7-11-30(40)41)26-15-27-21(8-12-31(42)43)17(2)23(37-27)14-25-19(4)33(35(45)39-25)29(47-6)10-9-28(46-5)32-18(3)24(38-34(32)44)13-22(16)36-26/h13-14,28-29,36-37H,7-12,15H2,1-6H3,(H,38,44)(H,39,45)(H,40,41)(H,42,43)/b24-13-,25-14+/t28-,29+/m0/s1. The molecule has 12 nitrogen and oxygen atoms in total. The Morgan fingerprint density at radius 3 is 1.45 bits per heavy atom. The first-order valence-corrected chi connectivity index (χ1v) is 15.7. The lowest BCUT2D eigenvalue weighted by Gasteiger charge is -2.21. The number of aromatic nitrogens is 2. The van der Waals surface area contributed by atoms with Crippen LogP contribution in [0.25, 0.3) is 12.2 Å². The minimum absolute atomic E-state index is 0.0693. The summed E-state index contributed by atoms with van der Waals surface area (Å²) in [6.07, 6.45) is 4.26.